The molecule has 1 heterocycles. The Kier molecular flexibility index (Phi) is 6.56. The van der Waals surface area contributed by atoms with Crippen molar-refractivity contribution in [2.75, 3.05) is 7.11 Å². The summed E-state index contributed by atoms with van der Waals surface area (Å²) in [5.74, 6) is 0.883. The number of H-pyrrole nitrogens is 1. The molecule has 0 amide bonds. The largest absolute Gasteiger partial charge is 0.507 e. The van der Waals surface area contributed by atoms with Gasteiger partial charge in [-0.3, -0.25) is 5.10 Å². The molecule has 1 aromatic heterocycles. The van der Waals surface area contributed by atoms with Gasteiger partial charge in [-0.25, -0.2) is 0 Å². The second-order valence-electron chi connectivity index (χ2n) is 6.66. The van der Waals surface area contributed by atoms with Gasteiger partial charge in [-0.05, 0) is 42.2 Å². The molecule has 0 saturated heterocycles. The monoisotopic (exact) mass is 428 g/mol. The molecule has 0 spiro atoms. The van der Waals surface area contributed by atoms with Gasteiger partial charge < -0.3 is 9.84 Å². The summed E-state index contributed by atoms with van der Waals surface area (Å²) in [4.78, 5) is 0. The molecule has 0 saturated carbocycles. The number of hydrogen-bond acceptors (Lipinski definition) is 3. The van der Waals surface area contributed by atoms with E-state index >= 15 is 0 Å². The van der Waals surface area contributed by atoms with Crippen molar-refractivity contribution in [3.05, 3.63) is 52.6 Å². The first-order valence-electron chi connectivity index (χ1n) is 9.33. The third-order valence-electron chi connectivity index (χ3n) is 4.75. The lowest BCUT2D eigenvalue weighted by molar-refractivity contribution is 0.407. The number of aromatic amines is 1. The molecule has 0 bridgehead atoms. The van der Waals surface area contributed by atoms with Crippen molar-refractivity contribution in [2.24, 2.45) is 0 Å². The van der Waals surface area contributed by atoms with Crippen LogP contribution in [-0.4, -0.2) is 22.4 Å². The first-order valence-corrected chi connectivity index (χ1v) is 10.1. The number of phenols is 1. The van der Waals surface area contributed by atoms with E-state index in [2.05, 4.69) is 33.1 Å². The average molecular weight is 429 g/mol. The Morgan fingerprint density at radius 2 is 1.89 bits per heavy atom. The number of nitrogens with one attached hydrogen (secondary N) is 1. The summed E-state index contributed by atoms with van der Waals surface area (Å²) in [6.45, 7) is 2.21. The van der Waals surface area contributed by atoms with Crippen molar-refractivity contribution in [2.45, 2.75) is 39.0 Å². The van der Waals surface area contributed by atoms with E-state index in [-0.39, 0.29) is 5.75 Å². The molecule has 4 nitrogen and oxygen atoms in total. The molecule has 2 aromatic carbocycles. The Bertz CT molecular complexity index is 888. The van der Waals surface area contributed by atoms with E-state index in [0.29, 0.717) is 5.75 Å². The van der Waals surface area contributed by atoms with Gasteiger partial charge in [-0.15, -0.1) is 0 Å². The number of aromatic hydroxyl groups is 1. The molecule has 142 valence electrons. The van der Waals surface area contributed by atoms with Crippen LogP contribution < -0.4 is 4.74 Å². The second-order valence-corrected chi connectivity index (χ2v) is 7.57. The molecule has 0 aliphatic carbocycles. The average Bonchev–Trinajstić information content (AvgIpc) is 3.14. The van der Waals surface area contributed by atoms with E-state index in [4.69, 9.17) is 4.74 Å². The minimum absolute atomic E-state index is 0.211. The number of methoxy groups -OCH3 is 1. The van der Waals surface area contributed by atoms with Gasteiger partial charge in [0, 0.05) is 21.7 Å². The molecule has 3 rings (SSSR count). The second kappa shape index (κ2) is 9.09. The number of halogens is 1. The molecule has 27 heavy (non-hydrogen) atoms. The highest BCUT2D eigenvalue weighted by molar-refractivity contribution is 9.10. The topological polar surface area (TPSA) is 58.1 Å². The Morgan fingerprint density at radius 3 is 2.59 bits per heavy atom. The minimum atomic E-state index is 0.211. The molecule has 3 aromatic rings. The van der Waals surface area contributed by atoms with Crippen LogP contribution in [0.1, 0.15) is 38.2 Å². The van der Waals surface area contributed by atoms with Gasteiger partial charge in [-0.2, -0.15) is 5.10 Å². The van der Waals surface area contributed by atoms with Crippen LogP contribution in [0, 0.1) is 0 Å². The maximum atomic E-state index is 10.8. The number of aryl methyl sites for hydroxylation is 1. The van der Waals surface area contributed by atoms with Crippen LogP contribution in [0.15, 0.2) is 47.1 Å². The fraction of sp³-hybridized carbons (Fsp3) is 0.318. The fourth-order valence-electron chi connectivity index (χ4n) is 3.33. The van der Waals surface area contributed by atoms with E-state index in [1.165, 1.54) is 19.3 Å². The number of nitrogens with zero attached hydrogens (tertiary/aromatic N) is 1. The number of phenolic OH excluding ortho intramolecular Hbond substituents is 1. The van der Waals surface area contributed by atoms with E-state index in [9.17, 15) is 5.11 Å². The summed E-state index contributed by atoms with van der Waals surface area (Å²) in [6, 6.07) is 11.8. The molecule has 0 aliphatic rings. The zero-order valence-electron chi connectivity index (χ0n) is 15.8. The van der Waals surface area contributed by atoms with Crippen molar-refractivity contribution in [3.8, 4) is 33.9 Å². The quantitative estimate of drug-likeness (QED) is 0.411. The smallest absolute Gasteiger partial charge is 0.128 e. The van der Waals surface area contributed by atoms with Crippen LogP contribution in [0.3, 0.4) is 0 Å². The summed E-state index contributed by atoms with van der Waals surface area (Å²) in [5, 5.41) is 18.1. The highest BCUT2D eigenvalue weighted by Crippen LogP contribution is 2.40. The maximum absolute atomic E-state index is 10.8. The molecular formula is C22H25BrN2O2. The number of unbranched alkanes of at least 4 members (excludes halogenated alkanes) is 3. The van der Waals surface area contributed by atoms with E-state index < -0.39 is 0 Å². The maximum Gasteiger partial charge on any atom is 0.128 e. The number of ether oxygens (including phenoxy) is 1. The zero-order chi connectivity index (χ0) is 19.2. The minimum Gasteiger partial charge on any atom is -0.507 e. The van der Waals surface area contributed by atoms with Gasteiger partial charge in [0.05, 0.1) is 19.0 Å². The fourth-order valence-corrected chi connectivity index (χ4v) is 3.59. The number of rotatable bonds is 8. The lowest BCUT2D eigenvalue weighted by Crippen LogP contribution is -1.96. The predicted octanol–water partition coefficient (Wildman–Crippen LogP) is 6.34. The summed E-state index contributed by atoms with van der Waals surface area (Å²) in [6.07, 6.45) is 7.37. The molecule has 0 radical (unpaired) electrons. The van der Waals surface area contributed by atoms with E-state index in [0.717, 1.165) is 45.3 Å². The Hall–Kier alpha value is -2.27. The SMILES string of the molecule is CCCCCCc1cc(OC)cc(O)c1-c1[nH]ncc1-c1ccc(Br)cc1. The van der Waals surface area contributed by atoms with Gasteiger partial charge in [-0.1, -0.05) is 54.2 Å². The summed E-state index contributed by atoms with van der Waals surface area (Å²) in [5.41, 5.74) is 4.74. The summed E-state index contributed by atoms with van der Waals surface area (Å²) >= 11 is 3.48. The highest BCUT2D eigenvalue weighted by atomic mass is 79.9. The zero-order valence-corrected chi connectivity index (χ0v) is 17.3. The Balaban J connectivity index is 2.03. The summed E-state index contributed by atoms with van der Waals surface area (Å²) < 4.78 is 6.40. The van der Waals surface area contributed by atoms with Crippen molar-refractivity contribution in [1.29, 1.82) is 0 Å². The summed E-state index contributed by atoms with van der Waals surface area (Å²) in [7, 11) is 1.62. The van der Waals surface area contributed by atoms with Crippen molar-refractivity contribution >= 4 is 15.9 Å². The molecule has 0 aliphatic heterocycles. The lowest BCUT2D eigenvalue weighted by Gasteiger charge is -2.14. The van der Waals surface area contributed by atoms with Crippen LogP contribution in [-0.2, 0) is 6.42 Å². The number of hydrogen-bond donors (Lipinski definition) is 2. The molecule has 5 heteroatoms. The van der Waals surface area contributed by atoms with Crippen molar-refractivity contribution < 1.29 is 9.84 Å². The third kappa shape index (κ3) is 4.53. The van der Waals surface area contributed by atoms with E-state index in [1.807, 2.05) is 36.5 Å². The van der Waals surface area contributed by atoms with Gasteiger partial charge in [0.2, 0.25) is 0 Å². The molecular weight excluding hydrogens is 404 g/mol. The van der Waals surface area contributed by atoms with E-state index in [1.54, 1.807) is 13.2 Å². The molecule has 0 unspecified atom stereocenters. The first-order chi connectivity index (χ1) is 13.1. The van der Waals surface area contributed by atoms with Crippen LogP contribution in [0.2, 0.25) is 0 Å². The van der Waals surface area contributed by atoms with Gasteiger partial charge in [0.1, 0.15) is 11.5 Å². The third-order valence-corrected chi connectivity index (χ3v) is 5.28. The van der Waals surface area contributed by atoms with Crippen LogP contribution in [0.5, 0.6) is 11.5 Å². The molecule has 0 fully saturated rings. The molecule has 0 atom stereocenters. The van der Waals surface area contributed by atoms with Crippen LogP contribution in [0.4, 0.5) is 0 Å². The van der Waals surface area contributed by atoms with Gasteiger partial charge >= 0.3 is 0 Å². The predicted molar refractivity (Wildman–Crippen MR) is 113 cm³/mol. The standard InChI is InChI=1S/C22H25BrN2O2/c1-3-4-5-6-7-16-12-18(27-2)13-20(26)21(16)22-19(14-24-25-22)15-8-10-17(23)11-9-15/h8-14,26H,3-7H2,1-2H3,(H,24,25). The van der Waals surface area contributed by atoms with Gasteiger partial charge in [0.25, 0.3) is 0 Å². The number of aromatic nitrogens is 2. The van der Waals surface area contributed by atoms with Crippen molar-refractivity contribution in [1.82, 2.24) is 10.2 Å². The highest BCUT2D eigenvalue weighted by Gasteiger charge is 2.18. The van der Waals surface area contributed by atoms with Gasteiger partial charge in [0.15, 0.2) is 0 Å². The first kappa shape index (κ1) is 19.5. The Labute approximate surface area is 168 Å². The lowest BCUT2D eigenvalue weighted by atomic mass is 9.94. The van der Waals surface area contributed by atoms with Crippen LogP contribution in [0.25, 0.3) is 22.4 Å². The normalized spacial score (nSPS) is 10.9. The van der Waals surface area contributed by atoms with Crippen molar-refractivity contribution in [3.63, 3.8) is 0 Å². The Morgan fingerprint density at radius 1 is 1.11 bits per heavy atom. The van der Waals surface area contributed by atoms with Crippen LogP contribution >= 0.6 is 15.9 Å². The molecule has 2 N–H and O–H groups in total. The number of benzene rings is 2.